The van der Waals surface area contributed by atoms with Gasteiger partial charge in [0.25, 0.3) is 0 Å². The zero-order valence-corrected chi connectivity index (χ0v) is 10.4. The summed E-state index contributed by atoms with van der Waals surface area (Å²) < 4.78 is 11.0. The molecule has 1 fully saturated rings. The van der Waals surface area contributed by atoms with Gasteiger partial charge in [0.1, 0.15) is 5.72 Å². The molecule has 1 aliphatic rings. The Labute approximate surface area is 92.9 Å². The molecule has 0 aliphatic carbocycles. The lowest BCUT2D eigenvalue weighted by Gasteiger charge is -2.42. The lowest BCUT2D eigenvalue weighted by atomic mass is 9.94. The van der Waals surface area contributed by atoms with Crippen LogP contribution in [0.25, 0.3) is 0 Å². The Bertz CT molecular complexity index is 187. The molecule has 15 heavy (non-hydrogen) atoms. The van der Waals surface area contributed by atoms with E-state index in [2.05, 4.69) is 24.3 Å². The fraction of sp³-hybridized carbons (Fsp3) is 1.00. The van der Waals surface area contributed by atoms with Gasteiger partial charge < -0.3 is 14.4 Å². The SMILES string of the molecule is CNC1(CCOC)CC(N(C)C)CCO1. The monoisotopic (exact) mass is 216 g/mol. The highest BCUT2D eigenvalue weighted by Crippen LogP contribution is 2.27. The lowest BCUT2D eigenvalue weighted by Crippen LogP contribution is -2.54. The van der Waals surface area contributed by atoms with Gasteiger partial charge in [0.05, 0.1) is 13.2 Å². The number of methoxy groups -OCH3 is 1. The van der Waals surface area contributed by atoms with Gasteiger partial charge in [-0.3, -0.25) is 5.32 Å². The van der Waals surface area contributed by atoms with Crippen molar-refractivity contribution in [2.24, 2.45) is 0 Å². The van der Waals surface area contributed by atoms with Crippen LogP contribution in [0.1, 0.15) is 19.3 Å². The second kappa shape index (κ2) is 5.80. The molecule has 0 saturated carbocycles. The summed E-state index contributed by atoms with van der Waals surface area (Å²) >= 11 is 0. The van der Waals surface area contributed by atoms with Gasteiger partial charge in [-0.15, -0.1) is 0 Å². The van der Waals surface area contributed by atoms with E-state index in [0.717, 1.165) is 32.5 Å². The van der Waals surface area contributed by atoms with Crippen LogP contribution in [0.3, 0.4) is 0 Å². The Kier molecular flexibility index (Phi) is 4.99. The molecule has 1 saturated heterocycles. The van der Waals surface area contributed by atoms with Gasteiger partial charge in [0.15, 0.2) is 0 Å². The zero-order valence-electron chi connectivity index (χ0n) is 10.4. The molecule has 0 radical (unpaired) electrons. The minimum atomic E-state index is -0.191. The number of ether oxygens (including phenoxy) is 2. The van der Waals surface area contributed by atoms with Crippen molar-refractivity contribution < 1.29 is 9.47 Å². The largest absolute Gasteiger partial charge is 0.385 e. The van der Waals surface area contributed by atoms with Crippen molar-refractivity contribution in [1.82, 2.24) is 10.2 Å². The minimum absolute atomic E-state index is 0.191. The lowest BCUT2D eigenvalue weighted by molar-refractivity contribution is -0.129. The summed E-state index contributed by atoms with van der Waals surface area (Å²) in [6, 6.07) is 0.600. The van der Waals surface area contributed by atoms with Gasteiger partial charge >= 0.3 is 0 Å². The quantitative estimate of drug-likeness (QED) is 0.733. The zero-order chi connectivity index (χ0) is 11.3. The third-order valence-electron chi connectivity index (χ3n) is 3.29. The topological polar surface area (TPSA) is 33.7 Å². The molecule has 1 rings (SSSR count). The standard InChI is InChI=1S/C11H24N2O2/c1-12-11(6-8-14-4)9-10(13(2)3)5-7-15-11/h10,12H,5-9H2,1-4H3. The number of nitrogens with zero attached hydrogens (tertiary/aromatic N) is 1. The van der Waals surface area contributed by atoms with Gasteiger partial charge in [-0.1, -0.05) is 0 Å². The number of hydrogen-bond acceptors (Lipinski definition) is 4. The minimum Gasteiger partial charge on any atom is -0.385 e. The number of hydrogen-bond donors (Lipinski definition) is 1. The molecule has 0 bridgehead atoms. The predicted molar refractivity (Wildman–Crippen MR) is 60.9 cm³/mol. The van der Waals surface area contributed by atoms with Crippen LogP contribution in [0.4, 0.5) is 0 Å². The first-order chi connectivity index (χ1) is 7.13. The smallest absolute Gasteiger partial charge is 0.122 e. The summed E-state index contributed by atoms with van der Waals surface area (Å²) in [5, 5.41) is 3.31. The average molecular weight is 216 g/mol. The van der Waals surface area contributed by atoms with Crippen LogP contribution < -0.4 is 5.32 Å². The highest BCUT2D eigenvalue weighted by Gasteiger charge is 2.36. The van der Waals surface area contributed by atoms with Gasteiger partial charge in [-0.2, -0.15) is 0 Å². The van der Waals surface area contributed by atoms with Crippen molar-refractivity contribution in [1.29, 1.82) is 0 Å². The fourth-order valence-corrected chi connectivity index (χ4v) is 2.11. The summed E-state index contributed by atoms with van der Waals surface area (Å²) in [5.74, 6) is 0. The van der Waals surface area contributed by atoms with Crippen LogP contribution in [-0.2, 0) is 9.47 Å². The van der Waals surface area contributed by atoms with E-state index in [1.54, 1.807) is 7.11 Å². The molecule has 90 valence electrons. The Balaban J connectivity index is 2.55. The fourth-order valence-electron chi connectivity index (χ4n) is 2.11. The third kappa shape index (κ3) is 3.41. The molecule has 1 aliphatic heterocycles. The number of rotatable bonds is 5. The highest BCUT2D eigenvalue weighted by molar-refractivity contribution is 4.87. The molecular formula is C11H24N2O2. The van der Waals surface area contributed by atoms with E-state index >= 15 is 0 Å². The number of nitrogens with one attached hydrogen (secondary N) is 1. The molecule has 0 aromatic heterocycles. The van der Waals surface area contributed by atoms with E-state index in [4.69, 9.17) is 9.47 Å². The Morgan fingerprint density at radius 3 is 2.80 bits per heavy atom. The normalized spacial score (nSPS) is 32.2. The summed E-state index contributed by atoms with van der Waals surface area (Å²) in [7, 11) is 7.96. The average Bonchev–Trinajstić information content (AvgIpc) is 2.26. The molecule has 4 heteroatoms. The van der Waals surface area contributed by atoms with E-state index in [9.17, 15) is 0 Å². The second-order valence-electron chi connectivity index (χ2n) is 4.45. The first kappa shape index (κ1) is 12.9. The molecule has 0 amide bonds. The van der Waals surface area contributed by atoms with E-state index in [0.29, 0.717) is 6.04 Å². The van der Waals surface area contributed by atoms with Crippen LogP contribution >= 0.6 is 0 Å². The Hall–Kier alpha value is -0.160. The summed E-state index contributed by atoms with van der Waals surface area (Å²) in [5.41, 5.74) is -0.191. The van der Waals surface area contributed by atoms with Crippen LogP contribution in [0.15, 0.2) is 0 Å². The molecule has 1 heterocycles. The van der Waals surface area contributed by atoms with Crippen molar-refractivity contribution in [3.63, 3.8) is 0 Å². The van der Waals surface area contributed by atoms with Crippen molar-refractivity contribution in [3.05, 3.63) is 0 Å². The van der Waals surface area contributed by atoms with Gasteiger partial charge in [-0.25, -0.2) is 0 Å². The summed E-state index contributed by atoms with van der Waals surface area (Å²) in [4.78, 5) is 2.28. The maximum atomic E-state index is 5.88. The van der Waals surface area contributed by atoms with Gasteiger partial charge in [-0.05, 0) is 27.6 Å². The first-order valence-electron chi connectivity index (χ1n) is 5.62. The third-order valence-corrected chi connectivity index (χ3v) is 3.29. The van der Waals surface area contributed by atoms with Crippen molar-refractivity contribution in [3.8, 4) is 0 Å². The van der Waals surface area contributed by atoms with Crippen LogP contribution in [0.5, 0.6) is 0 Å². The van der Waals surface area contributed by atoms with Gasteiger partial charge in [0, 0.05) is 26.0 Å². The molecule has 0 aromatic carbocycles. The predicted octanol–water partition coefficient (Wildman–Crippen LogP) is 0.679. The van der Waals surface area contributed by atoms with Crippen molar-refractivity contribution >= 4 is 0 Å². The molecule has 2 unspecified atom stereocenters. The van der Waals surface area contributed by atoms with E-state index in [-0.39, 0.29) is 5.72 Å². The van der Waals surface area contributed by atoms with E-state index in [1.165, 1.54) is 0 Å². The Morgan fingerprint density at radius 1 is 1.53 bits per heavy atom. The highest BCUT2D eigenvalue weighted by atomic mass is 16.5. The van der Waals surface area contributed by atoms with Gasteiger partial charge in [0.2, 0.25) is 0 Å². The van der Waals surface area contributed by atoms with Crippen LogP contribution in [0, 0.1) is 0 Å². The van der Waals surface area contributed by atoms with Crippen molar-refractivity contribution in [2.45, 2.75) is 31.0 Å². The van der Waals surface area contributed by atoms with Crippen LogP contribution in [0.2, 0.25) is 0 Å². The Morgan fingerprint density at radius 2 is 2.27 bits per heavy atom. The maximum Gasteiger partial charge on any atom is 0.122 e. The molecular weight excluding hydrogens is 192 g/mol. The first-order valence-corrected chi connectivity index (χ1v) is 5.62. The maximum absolute atomic E-state index is 5.88. The van der Waals surface area contributed by atoms with Crippen molar-refractivity contribution in [2.75, 3.05) is 41.5 Å². The summed E-state index contributed by atoms with van der Waals surface area (Å²) in [6.45, 7) is 1.56. The second-order valence-corrected chi connectivity index (χ2v) is 4.45. The molecule has 2 atom stereocenters. The molecule has 0 spiro atoms. The summed E-state index contributed by atoms with van der Waals surface area (Å²) in [6.07, 6.45) is 3.05. The van der Waals surface area contributed by atoms with E-state index < -0.39 is 0 Å². The van der Waals surface area contributed by atoms with Crippen LogP contribution in [-0.4, -0.2) is 58.1 Å². The molecule has 1 N–H and O–H groups in total. The van der Waals surface area contributed by atoms with E-state index in [1.807, 2.05) is 7.05 Å². The molecule has 0 aromatic rings. The molecule has 4 nitrogen and oxygen atoms in total.